The maximum atomic E-state index is 10.7. The number of hydrogen-bond acceptors (Lipinski definition) is 3. The second kappa shape index (κ2) is 6.29. The van der Waals surface area contributed by atoms with Crippen LogP contribution in [0.15, 0.2) is 17.5 Å². The largest absolute Gasteiger partial charge is 0.315 e. The first-order valence-electron chi connectivity index (χ1n) is 4.32. The van der Waals surface area contributed by atoms with Crippen molar-refractivity contribution < 1.29 is 4.21 Å². The van der Waals surface area contributed by atoms with Gasteiger partial charge in [0, 0.05) is 34.2 Å². The van der Waals surface area contributed by atoms with Gasteiger partial charge in [0.2, 0.25) is 0 Å². The highest BCUT2D eigenvalue weighted by molar-refractivity contribution is 7.84. The summed E-state index contributed by atoms with van der Waals surface area (Å²) in [4.78, 5) is 1.41. The molecule has 1 aromatic rings. The standard InChI is InChI=1S/C9H15NOS2/c1-13(11)8-6-10-5-4-9-3-2-7-12-9/h2-3,7,10H,4-6,8H2,1H3. The molecule has 0 radical (unpaired) electrons. The zero-order valence-corrected chi connectivity index (χ0v) is 9.42. The summed E-state index contributed by atoms with van der Waals surface area (Å²) in [6.07, 6.45) is 2.81. The van der Waals surface area contributed by atoms with Gasteiger partial charge >= 0.3 is 0 Å². The van der Waals surface area contributed by atoms with Crippen molar-refractivity contribution in [3.8, 4) is 0 Å². The lowest BCUT2D eigenvalue weighted by Crippen LogP contribution is -2.22. The highest BCUT2D eigenvalue weighted by Crippen LogP contribution is 2.07. The van der Waals surface area contributed by atoms with E-state index in [9.17, 15) is 4.21 Å². The molecule has 1 aromatic heterocycles. The summed E-state index contributed by atoms with van der Waals surface area (Å²) < 4.78 is 10.7. The molecule has 0 saturated carbocycles. The van der Waals surface area contributed by atoms with E-state index >= 15 is 0 Å². The zero-order valence-electron chi connectivity index (χ0n) is 7.79. The lowest BCUT2D eigenvalue weighted by Gasteiger charge is -2.01. The molecule has 0 fully saturated rings. The van der Waals surface area contributed by atoms with E-state index in [0.29, 0.717) is 0 Å². The minimum Gasteiger partial charge on any atom is -0.315 e. The maximum absolute atomic E-state index is 10.7. The molecule has 0 aliphatic carbocycles. The molecule has 0 spiro atoms. The molecule has 0 amide bonds. The molecule has 0 bridgehead atoms. The Bertz CT molecular complexity index is 246. The Kier molecular flexibility index (Phi) is 5.27. The highest BCUT2D eigenvalue weighted by Gasteiger charge is 1.93. The molecular weight excluding hydrogens is 202 g/mol. The Balaban J connectivity index is 1.99. The summed E-state index contributed by atoms with van der Waals surface area (Å²) in [5.41, 5.74) is 0. The monoisotopic (exact) mass is 217 g/mol. The summed E-state index contributed by atoms with van der Waals surface area (Å²) >= 11 is 1.79. The van der Waals surface area contributed by atoms with Crippen LogP contribution < -0.4 is 5.32 Å². The number of thiophene rings is 1. The van der Waals surface area contributed by atoms with Crippen LogP contribution in [0.3, 0.4) is 0 Å². The Hall–Kier alpha value is -0.190. The minimum absolute atomic E-state index is 0.666. The fourth-order valence-corrected chi connectivity index (χ4v) is 2.15. The molecule has 74 valence electrons. The highest BCUT2D eigenvalue weighted by atomic mass is 32.2. The van der Waals surface area contributed by atoms with E-state index in [1.165, 1.54) is 4.88 Å². The third-order valence-corrected chi connectivity index (χ3v) is 3.41. The predicted octanol–water partition coefficient (Wildman–Crippen LogP) is 1.26. The van der Waals surface area contributed by atoms with Crippen molar-refractivity contribution in [2.45, 2.75) is 6.42 Å². The molecule has 1 N–H and O–H groups in total. The van der Waals surface area contributed by atoms with E-state index in [1.54, 1.807) is 17.6 Å². The van der Waals surface area contributed by atoms with Crippen LogP contribution >= 0.6 is 11.3 Å². The van der Waals surface area contributed by atoms with E-state index in [4.69, 9.17) is 0 Å². The number of hydrogen-bond donors (Lipinski definition) is 1. The zero-order chi connectivity index (χ0) is 9.52. The SMILES string of the molecule is CS(=O)CCNCCc1cccs1. The molecule has 0 saturated heterocycles. The predicted molar refractivity (Wildman–Crippen MR) is 59.8 cm³/mol. The van der Waals surface area contributed by atoms with Crippen LogP contribution in [0.5, 0.6) is 0 Å². The summed E-state index contributed by atoms with van der Waals surface area (Å²) in [5, 5.41) is 5.36. The molecule has 0 aliphatic rings. The molecule has 0 aliphatic heterocycles. The Morgan fingerprint density at radius 3 is 3.00 bits per heavy atom. The van der Waals surface area contributed by atoms with E-state index in [0.717, 1.165) is 25.3 Å². The topological polar surface area (TPSA) is 29.1 Å². The van der Waals surface area contributed by atoms with Crippen LogP contribution in [0.4, 0.5) is 0 Å². The molecular formula is C9H15NOS2. The van der Waals surface area contributed by atoms with Gasteiger partial charge in [0.25, 0.3) is 0 Å². The second-order valence-electron chi connectivity index (χ2n) is 2.86. The van der Waals surface area contributed by atoms with Crippen molar-refractivity contribution in [1.82, 2.24) is 5.32 Å². The number of rotatable bonds is 6. The van der Waals surface area contributed by atoms with E-state index in [1.807, 2.05) is 0 Å². The van der Waals surface area contributed by atoms with Gasteiger partial charge in [-0.3, -0.25) is 4.21 Å². The summed E-state index contributed by atoms with van der Waals surface area (Å²) in [5.74, 6) is 0.754. The van der Waals surface area contributed by atoms with Crippen molar-refractivity contribution in [2.75, 3.05) is 25.1 Å². The van der Waals surface area contributed by atoms with Crippen molar-refractivity contribution in [3.05, 3.63) is 22.4 Å². The Morgan fingerprint density at radius 1 is 1.54 bits per heavy atom. The lowest BCUT2D eigenvalue weighted by atomic mass is 10.3. The second-order valence-corrected chi connectivity index (χ2v) is 5.44. The van der Waals surface area contributed by atoms with Crippen molar-refractivity contribution in [2.24, 2.45) is 0 Å². The first-order valence-corrected chi connectivity index (χ1v) is 6.93. The van der Waals surface area contributed by atoms with Crippen molar-refractivity contribution in [1.29, 1.82) is 0 Å². The van der Waals surface area contributed by atoms with Gasteiger partial charge in [-0.15, -0.1) is 11.3 Å². The van der Waals surface area contributed by atoms with Crippen molar-refractivity contribution >= 4 is 22.1 Å². The van der Waals surface area contributed by atoms with Gasteiger partial charge in [-0.1, -0.05) is 6.07 Å². The Morgan fingerprint density at radius 2 is 2.38 bits per heavy atom. The number of nitrogens with one attached hydrogen (secondary N) is 1. The molecule has 2 nitrogen and oxygen atoms in total. The average Bonchev–Trinajstić information content (AvgIpc) is 2.55. The molecule has 1 heterocycles. The molecule has 4 heteroatoms. The maximum Gasteiger partial charge on any atom is 0.0357 e. The van der Waals surface area contributed by atoms with Crippen LogP contribution in [-0.2, 0) is 17.2 Å². The summed E-state index contributed by atoms with van der Waals surface area (Å²) in [6, 6.07) is 4.21. The van der Waals surface area contributed by atoms with Crippen molar-refractivity contribution in [3.63, 3.8) is 0 Å². The van der Waals surface area contributed by atoms with Gasteiger partial charge in [-0.25, -0.2) is 0 Å². The molecule has 0 aromatic carbocycles. The first kappa shape index (κ1) is 10.9. The minimum atomic E-state index is -0.666. The molecule has 1 atom stereocenters. The fraction of sp³-hybridized carbons (Fsp3) is 0.556. The van der Waals surface area contributed by atoms with E-state index in [-0.39, 0.29) is 0 Å². The van der Waals surface area contributed by atoms with Gasteiger partial charge in [0.05, 0.1) is 0 Å². The molecule has 13 heavy (non-hydrogen) atoms. The summed E-state index contributed by atoms with van der Waals surface area (Å²) in [6.45, 7) is 1.84. The van der Waals surface area contributed by atoms with Gasteiger partial charge in [0.15, 0.2) is 0 Å². The van der Waals surface area contributed by atoms with Crippen LogP contribution in [0, 0.1) is 0 Å². The van der Waals surface area contributed by atoms with Gasteiger partial charge in [0.1, 0.15) is 0 Å². The normalized spacial score (nSPS) is 13.0. The van der Waals surface area contributed by atoms with Gasteiger partial charge in [-0.2, -0.15) is 0 Å². The molecule has 1 unspecified atom stereocenters. The smallest absolute Gasteiger partial charge is 0.0357 e. The van der Waals surface area contributed by atoms with E-state index < -0.39 is 10.8 Å². The Labute approximate surface area is 85.8 Å². The fourth-order valence-electron chi connectivity index (χ4n) is 1.01. The third-order valence-electron chi connectivity index (χ3n) is 1.69. The van der Waals surface area contributed by atoms with Crippen LogP contribution in [0.1, 0.15) is 4.88 Å². The molecule has 1 rings (SSSR count). The summed E-state index contributed by atoms with van der Waals surface area (Å²) in [7, 11) is -0.666. The third kappa shape index (κ3) is 5.18. The van der Waals surface area contributed by atoms with Crippen LogP contribution in [0.25, 0.3) is 0 Å². The average molecular weight is 217 g/mol. The lowest BCUT2D eigenvalue weighted by molar-refractivity contribution is 0.676. The van der Waals surface area contributed by atoms with Gasteiger partial charge < -0.3 is 5.32 Å². The quantitative estimate of drug-likeness (QED) is 0.727. The van der Waals surface area contributed by atoms with Crippen LogP contribution in [-0.4, -0.2) is 29.3 Å². The van der Waals surface area contributed by atoms with E-state index in [2.05, 4.69) is 22.8 Å². The van der Waals surface area contributed by atoms with Gasteiger partial charge in [-0.05, 0) is 24.4 Å². The van der Waals surface area contributed by atoms with Crippen LogP contribution in [0.2, 0.25) is 0 Å². The first-order chi connectivity index (χ1) is 6.29.